The number of nitrogens with zero attached hydrogens (tertiary/aromatic N) is 4. The average molecular weight is 392 g/mol. The van der Waals surface area contributed by atoms with Crippen molar-refractivity contribution in [1.82, 2.24) is 14.8 Å². The molecular weight excluding hydrogens is 368 g/mol. The van der Waals surface area contributed by atoms with E-state index in [4.69, 9.17) is 9.47 Å². The monoisotopic (exact) mass is 392 g/mol. The second kappa shape index (κ2) is 8.05. The largest absolute Gasteiger partial charge is 0.497 e. The maximum atomic E-state index is 12.9. The van der Waals surface area contributed by atoms with Crippen molar-refractivity contribution in [3.05, 3.63) is 71.5 Å². The van der Waals surface area contributed by atoms with Gasteiger partial charge in [-0.3, -0.25) is 9.69 Å². The molecule has 150 valence electrons. The molecule has 0 bridgehead atoms. The van der Waals surface area contributed by atoms with Gasteiger partial charge in [0, 0.05) is 7.11 Å². The Labute approximate surface area is 169 Å². The molecule has 0 saturated carbocycles. The molecule has 0 N–H and O–H groups in total. The first-order valence-electron chi connectivity index (χ1n) is 9.53. The summed E-state index contributed by atoms with van der Waals surface area (Å²) in [5, 5.41) is 4.44. The molecule has 1 amide bonds. The van der Waals surface area contributed by atoms with Crippen LogP contribution < -0.4 is 9.64 Å². The molecule has 1 aliphatic heterocycles. The molecule has 2 aromatic carbocycles. The number of carbonyl (C=O) groups excluding carboxylic acids is 1. The minimum Gasteiger partial charge on any atom is -0.497 e. The number of carbonyl (C=O) groups is 1. The fourth-order valence-corrected chi connectivity index (χ4v) is 3.85. The van der Waals surface area contributed by atoms with Crippen LogP contribution in [0.25, 0.3) is 0 Å². The van der Waals surface area contributed by atoms with Gasteiger partial charge < -0.3 is 9.47 Å². The van der Waals surface area contributed by atoms with E-state index in [-0.39, 0.29) is 24.6 Å². The van der Waals surface area contributed by atoms with Gasteiger partial charge in [-0.25, -0.2) is 4.68 Å². The summed E-state index contributed by atoms with van der Waals surface area (Å²) in [5.74, 6) is 1.16. The summed E-state index contributed by atoms with van der Waals surface area (Å²) in [6, 6.07) is 16.0. The summed E-state index contributed by atoms with van der Waals surface area (Å²) in [6.07, 6.45) is 2.18. The lowest BCUT2D eigenvalue weighted by Crippen LogP contribution is -2.44. The van der Waals surface area contributed by atoms with E-state index in [1.807, 2.05) is 28.9 Å². The highest BCUT2D eigenvalue weighted by Crippen LogP contribution is 2.42. The Morgan fingerprint density at radius 2 is 1.69 bits per heavy atom. The van der Waals surface area contributed by atoms with Crippen molar-refractivity contribution >= 4 is 11.9 Å². The molecule has 7 nitrogen and oxygen atoms in total. The number of aryl methyl sites for hydroxylation is 1. The van der Waals surface area contributed by atoms with Crippen LogP contribution in [0.1, 0.15) is 35.2 Å². The Morgan fingerprint density at radius 3 is 2.34 bits per heavy atom. The quantitative estimate of drug-likeness (QED) is 0.666. The topological polar surface area (TPSA) is 69.5 Å². The Morgan fingerprint density at radius 1 is 1.03 bits per heavy atom. The van der Waals surface area contributed by atoms with Crippen molar-refractivity contribution in [3.63, 3.8) is 0 Å². The van der Waals surface area contributed by atoms with Crippen LogP contribution >= 0.6 is 0 Å². The van der Waals surface area contributed by atoms with Crippen LogP contribution in [0.15, 0.2) is 54.9 Å². The lowest BCUT2D eigenvalue weighted by molar-refractivity contribution is -0.123. The molecule has 2 unspecified atom stereocenters. The van der Waals surface area contributed by atoms with Crippen LogP contribution in [0.2, 0.25) is 0 Å². The molecule has 0 fully saturated rings. The molecule has 1 aromatic heterocycles. The summed E-state index contributed by atoms with van der Waals surface area (Å²) in [7, 11) is 3.16. The first kappa shape index (κ1) is 19.1. The molecule has 0 aliphatic carbocycles. The van der Waals surface area contributed by atoms with Crippen LogP contribution in [-0.4, -0.2) is 41.5 Å². The summed E-state index contributed by atoms with van der Waals surface area (Å²) in [6.45, 7) is 2.05. The van der Waals surface area contributed by atoms with E-state index in [2.05, 4.69) is 41.3 Å². The van der Waals surface area contributed by atoms with Crippen LogP contribution in [0.3, 0.4) is 0 Å². The lowest BCUT2D eigenvalue weighted by Gasteiger charge is -2.39. The van der Waals surface area contributed by atoms with Gasteiger partial charge in [0.25, 0.3) is 5.91 Å². The molecule has 4 rings (SSSR count). The summed E-state index contributed by atoms with van der Waals surface area (Å²) in [5.41, 5.74) is 3.35. The Balaban J connectivity index is 1.80. The number of anilines is 1. The zero-order valence-electron chi connectivity index (χ0n) is 16.8. The van der Waals surface area contributed by atoms with Crippen molar-refractivity contribution in [2.75, 3.05) is 25.7 Å². The first-order chi connectivity index (χ1) is 14.1. The van der Waals surface area contributed by atoms with Gasteiger partial charge in [0.2, 0.25) is 5.95 Å². The van der Waals surface area contributed by atoms with Crippen molar-refractivity contribution in [3.8, 4) is 5.75 Å². The normalized spacial score (nSPS) is 18.4. The molecule has 3 aromatic rings. The lowest BCUT2D eigenvalue weighted by atomic mass is 9.91. The van der Waals surface area contributed by atoms with Gasteiger partial charge in [-0.15, -0.1) is 0 Å². The second-order valence-corrected chi connectivity index (χ2v) is 7.15. The van der Waals surface area contributed by atoms with E-state index in [9.17, 15) is 4.79 Å². The van der Waals surface area contributed by atoms with Crippen molar-refractivity contribution in [1.29, 1.82) is 0 Å². The van der Waals surface area contributed by atoms with E-state index in [1.165, 1.54) is 19.0 Å². The highest BCUT2D eigenvalue weighted by Gasteiger charge is 2.39. The summed E-state index contributed by atoms with van der Waals surface area (Å²) in [4.78, 5) is 19.1. The van der Waals surface area contributed by atoms with Gasteiger partial charge in [-0.2, -0.15) is 10.1 Å². The third-order valence-corrected chi connectivity index (χ3v) is 5.32. The standard InChI is InChI=1S/C22H24N4O3/c1-15-4-6-17(7-5-15)20-12-19(16-8-10-18(29-3)11-9-16)25(21(27)13-28-2)22-23-14-24-26(20)22/h4-11,14,19-20H,12-13H2,1-3H3. The number of amides is 1. The highest BCUT2D eigenvalue weighted by atomic mass is 16.5. The number of benzene rings is 2. The Hall–Kier alpha value is -3.19. The van der Waals surface area contributed by atoms with Gasteiger partial charge in [-0.1, -0.05) is 42.0 Å². The number of rotatable bonds is 5. The molecule has 1 aliphatic rings. The SMILES string of the molecule is COCC(=O)N1c2ncnn2C(c2ccc(C)cc2)CC1c1ccc(OC)cc1. The minimum absolute atomic E-state index is 0.0191. The third kappa shape index (κ3) is 3.61. The number of aromatic nitrogens is 3. The molecule has 0 radical (unpaired) electrons. The molecule has 29 heavy (non-hydrogen) atoms. The summed E-state index contributed by atoms with van der Waals surface area (Å²) < 4.78 is 12.2. The maximum absolute atomic E-state index is 12.9. The fourth-order valence-electron chi connectivity index (χ4n) is 3.85. The Bertz CT molecular complexity index is 982. The van der Waals surface area contributed by atoms with Crippen LogP contribution in [-0.2, 0) is 9.53 Å². The smallest absolute Gasteiger partial charge is 0.255 e. The van der Waals surface area contributed by atoms with Gasteiger partial charge in [0.1, 0.15) is 18.7 Å². The number of hydrogen-bond acceptors (Lipinski definition) is 5. The Kier molecular flexibility index (Phi) is 5.31. The predicted octanol–water partition coefficient (Wildman–Crippen LogP) is 3.31. The molecule has 0 spiro atoms. The van der Waals surface area contributed by atoms with Crippen LogP contribution in [0, 0.1) is 6.92 Å². The van der Waals surface area contributed by atoms with Gasteiger partial charge >= 0.3 is 0 Å². The maximum Gasteiger partial charge on any atom is 0.255 e. The van der Waals surface area contributed by atoms with E-state index >= 15 is 0 Å². The molecule has 2 heterocycles. The van der Waals surface area contributed by atoms with Gasteiger partial charge in [-0.05, 0) is 36.6 Å². The summed E-state index contributed by atoms with van der Waals surface area (Å²) >= 11 is 0. The molecule has 0 saturated heterocycles. The zero-order valence-corrected chi connectivity index (χ0v) is 16.8. The van der Waals surface area contributed by atoms with Crippen molar-refractivity contribution < 1.29 is 14.3 Å². The fraction of sp³-hybridized carbons (Fsp3) is 0.318. The van der Waals surface area contributed by atoms with Crippen LogP contribution in [0.4, 0.5) is 5.95 Å². The van der Waals surface area contributed by atoms with Crippen molar-refractivity contribution in [2.24, 2.45) is 0 Å². The average Bonchev–Trinajstić information content (AvgIpc) is 3.23. The zero-order chi connectivity index (χ0) is 20.4. The van der Waals surface area contributed by atoms with Gasteiger partial charge in [0.05, 0.1) is 19.2 Å². The van der Waals surface area contributed by atoms with E-state index < -0.39 is 0 Å². The minimum atomic E-state index is -0.188. The molecule has 7 heteroatoms. The van der Waals surface area contributed by atoms with Crippen LogP contribution in [0.5, 0.6) is 5.75 Å². The second-order valence-electron chi connectivity index (χ2n) is 7.15. The number of hydrogen-bond donors (Lipinski definition) is 0. The van der Waals surface area contributed by atoms with Crippen molar-refractivity contribution in [2.45, 2.75) is 25.4 Å². The molecular formula is C22H24N4O3. The highest BCUT2D eigenvalue weighted by molar-refractivity contribution is 5.93. The molecule has 2 atom stereocenters. The number of methoxy groups -OCH3 is 2. The third-order valence-electron chi connectivity index (χ3n) is 5.32. The van der Waals surface area contributed by atoms with E-state index in [1.54, 1.807) is 12.0 Å². The number of fused-ring (bicyclic) bond motifs is 1. The van der Waals surface area contributed by atoms with E-state index in [0.717, 1.165) is 16.9 Å². The first-order valence-corrected chi connectivity index (χ1v) is 9.53. The van der Waals surface area contributed by atoms with Gasteiger partial charge in [0.15, 0.2) is 0 Å². The van der Waals surface area contributed by atoms with E-state index in [0.29, 0.717) is 12.4 Å². The predicted molar refractivity (Wildman–Crippen MR) is 109 cm³/mol. The number of ether oxygens (including phenoxy) is 2.